The molecular formula is C29H24N4O7S. The lowest BCUT2D eigenvalue weighted by molar-refractivity contribution is -0.135. The summed E-state index contributed by atoms with van der Waals surface area (Å²) in [6, 6.07) is 11.2. The molecule has 8 amide bonds. The molecule has 1 aromatic carbocycles. The van der Waals surface area contributed by atoms with Crippen molar-refractivity contribution in [2.45, 2.75) is 6.92 Å². The van der Waals surface area contributed by atoms with Gasteiger partial charge >= 0.3 is 12.1 Å². The Hall–Kier alpha value is -5.10. The van der Waals surface area contributed by atoms with Crippen LogP contribution in [-0.4, -0.2) is 83.5 Å². The summed E-state index contributed by atoms with van der Waals surface area (Å²) in [4.78, 5) is 78.9. The molecule has 0 spiro atoms. The lowest BCUT2D eigenvalue weighted by Gasteiger charge is -2.28. The fourth-order valence-electron chi connectivity index (χ4n) is 4.42. The molecule has 208 valence electrons. The molecule has 0 unspecified atom stereocenters. The highest BCUT2D eigenvalue weighted by atomic mass is 32.1. The number of urea groups is 2. The molecule has 4 heterocycles. The number of imide groups is 4. The summed E-state index contributed by atoms with van der Waals surface area (Å²) in [5.41, 5.74) is 2.03. The summed E-state index contributed by atoms with van der Waals surface area (Å²) in [5, 5.41) is 0. The van der Waals surface area contributed by atoms with Gasteiger partial charge in [-0.1, -0.05) is 24.3 Å². The Balaban J connectivity index is 1.38. The van der Waals surface area contributed by atoms with Crippen LogP contribution in [0.15, 0.2) is 58.0 Å². The second-order valence-corrected chi connectivity index (χ2v) is 10.7. The number of hydrogen-bond acceptors (Lipinski definition) is 8. The first kappa shape index (κ1) is 27.5. The maximum Gasteiger partial charge on any atom is 0.333 e. The number of aryl methyl sites for hydroxylation is 1. The number of furan rings is 1. The normalized spacial score (nSPS) is 16.4. The summed E-state index contributed by atoms with van der Waals surface area (Å²) in [5.74, 6) is -1.42. The van der Waals surface area contributed by atoms with Crippen molar-refractivity contribution < 1.29 is 33.2 Å². The molecule has 0 aliphatic carbocycles. The predicted molar refractivity (Wildman–Crippen MR) is 150 cm³/mol. The maximum absolute atomic E-state index is 12.5. The van der Waals surface area contributed by atoms with E-state index in [2.05, 4.69) is 0 Å². The Morgan fingerprint density at radius 3 is 1.66 bits per heavy atom. The summed E-state index contributed by atoms with van der Waals surface area (Å²) >= 11 is 1.33. The number of carbonyl (C=O) groups excluding carboxylic acids is 6. The third-order valence-corrected chi connectivity index (χ3v) is 7.88. The van der Waals surface area contributed by atoms with Crippen LogP contribution in [0.5, 0.6) is 0 Å². The van der Waals surface area contributed by atoms with E-state index in [1.807, 2.05) is 19.1 Å². The SMILES string of the molecule is Cc1cc(-c2ccc(C=C3C(=O)N(C)C(=O)N(C)C3=O)cc2)oc1-c1ccc(C=C2C(=O)N(C)C(=O)N(C)C2=O)s1. The van der Waals surface area contributed by atoms with Gasteiger partial charge in [0.15, 0.2) is 0 Å². The Bertz CT molecular complexity index is 1680. The van der Waals surface area contributed by atoms with Gasteiger partial charge in [0.05, 0.1) is 4.88 Å². The van der Waals surface area contributed by atoms with Gasteiger partial charge in [-0.3, -0.25) is 38.8 Å². The number of likely N-dealkylation sites (N-methyl/N-ethyl adjacent to an activating group) is 4. The van der Waals surface area contributed by atoms with Crippen molar-refractivity contribution in [3.63, 3.8) is 0 Å². The average molecular weight is 573 g/mol. The zero-order chi connectivity index (χ0) is 29.7. The second-order valence-electron chi connectivity index (χ2n) is 9.58. The molecule has 11 nitrogen and oxygen atoms in total. The van der Waals surface area contributed by atoms with E-state index >= 15 is 0 Å². The molecule has 0 atom stereocenters. The Labute approximate surface area is 238 Å². The van der Waals surface area contributed by atoms with Gasteiger partial charge in [0.25, 0.3) is 23.6 Å². The van der Waals surface area contributed by atoms with Crippen LogP contribution < -0.4 is 0 Å². The first-order chi connectivity index (χ1) is 19.4. The molecule has 0 bridgehead atoms. The van der Waals surface area contributed by atoms with Gasteiger partial charge in [-0.05, 0) is 48.4 Å². The highest BCUT2D eigenvalue weighted by Crippen LogP contribution is 2.37. The van der Waals surface area contributed by atoms with E-state index in [1.54, 1.807) is 30.3 Å². The van der Waals surface area contributed by atoms with Crippen molar-refractivity contribution >= 4 is 59.2 Å². The topological polar surface area (TPSA) is 129 Å². The van der Waals surface area contributed by atoms with Crippen molar-refractivity contribution in [1.29, 1.82) is 0 Å². The zero-order valence-corrected chi connectivity index (χ0v) is 23.6. The minimum atomic E-state index is -0.682. The van der Waals surface area contributed by atoms with Gasteiger partial charge in [0.1, 0.15) is 22.7 Å². The number of rotatable bonds is 4. The molecule has 2 aliphatic rings. The number of thiophene rings is 1. The van der Waals surface area contributed by atoms with E-state index in [1.165, 1.54) is 51.7 Å². The third-order valence-electron chi connectivity index (χ3n) is 6.85. The van der Waals surface area contributed by atoms with Gasteiger partial charge in [-0.25, -0.2) is 9.59 Å². The van der Waals surface area contributed by atoms with Crippen LogP contribution in [-0.2, 0) is 19.2 Å². The Morgan fingerprint density at radius 2 is 1.15 bits per heavy atom. The molecule has 5 rings (SSSR count). The number of carbonyl (C=O) groups is 6. The quantitative estimate of drug-likeness (QED) is 0.343. The van der Waals surface area contributed by atoms with Crippen LogP contribution in [0.2, 0.25) is 0 Å². The minimum Gasteiger partial charge on any atom is -0.455 e. The lowest BCUT2D eigenvalue weighted by atomic mass is 10.0. The first-order valence-electron chi connectivity index (χ1n) is 12.3. The smallest absolute Gasteiger partial charge is 0.333 e. The highest BCUT2D eigenvalue weighted by Gasteiger charge is 2.39. The molecular weight excluding hydrogens is 548 g/mol. The summed E-state index contributed by atoms with van der Waals surface area (Å²) < 4.78 is 6.16. The van der Waals surface area contributed by atoms with Gasteiger partial charge in [0, 0.05) is 38.6 Å². The maximum atomic E-state index is 12.5. The monoisotopic (exact) mass is 572 g/mol. The molecule has 2 aromatic heterocycles. The van der Waals surface area contributed by atoms with Crippen LogP contribution in [0.4, 0.5) is 9.59 Å². The number of amides is 8. The Kier molecular flexibility index (Phi) is 6.79. The molecule has 3 aromatic rings. The third kappa shape index (κ3) is 4.67. The van der Waals surface area contributed by atoms with Gasteiger partial charge in [-0.15, -0.1) is 11.3 Å². The standard InChI is InChI=1S/C29H24N4O7S/c1-15-12-21(17-8-6-16(7-9-17)13-19-24(34)30(2)28(38)31(3)25(19)35)40-23(15)22-11-10-18(41-22)14-20-26(36)32(4)29(39)33(5)27(20)37/h6-14H,1-5H3. The average Bonchev–Trinajstić information content (AvgIpc) is 3.60. The fourth-order valence-corrected chi connectivity index (χ4v) is 5.42. The number of benzene rings is 1. The number of nitrogens with zero attached hydrogens (tertiary/aromatic N) is 4. The van der Waals surface area contributed by atoms with E-state index in [-0.39, 0.29) is 11.1 Å². The lowest BCUT2D eigenvalue weighted by Crippen LogP contribution is -2.52. The number of hydrogen-bond donors (Lipinski definition) is 0. The van der Waals surface area contributed by atoms with Gasteiger partial charge < -0.3 is 4.42 Å². The molecule has 2 fully saturated rings. The molecule has 12 heteroatoms. The van der Waals surface area contributed by atoms with E-state index in [0.29, 0.717) is 22.0 Å². The van der Waals surface area contributed by atoms with Crippen LogP contribution >= 0.6 is 11.3 Å². The van der Waals surface area contributed by atoms with Gasteiger partial charge in [0.2, 0.25) is 0 Å². The van der Waals surface area contributed by atoms with Crippen LogP contribution in [0.3, 0.4) is 0 Å². The number of barbiturate groups is 2. The van der Waals surface area contributed by atoms with Crippen LogP contribution in [0, 0.1) is 6.92 Å². The zero-order valence-electron chi connectivity index (χ0n) is 22.8. The summed E-state index contributed by atoms with van der Waals surface area (Å²) in [6.07, 6.45) is 2.92. The van der Waals surface area contributed by atoms with Crippen molar-refractivity contribution in [1.82, 2.24) is 19.6 Å². The van der Waals surface area contributed by atoms with Gasteiger partial charge in [-0.2, -0.15) is 0 Å². The van der Waals surface area contributed by atoms with Crippen molar-refractivity contribution in [2.75, 3.05) is 28.2 Å². The minimum absolute atomic E-state index is 0.101. The molecule has 0 radical (unpaired) electrons. The van der Waals surface area contributed by atoms with E-state index in [4.69, 9.17) is 4.42 Å². The van der Waals surface area contributed by atoms with Crippen LogP contribution in [0.25, 0.3) is 34.1 Å². The summed E-state index contributed by atoms with van der Waals surface area (Å²) in [6.45, 7) is 1.90. The first-order valence-corrected chi connectivity index (χ1v) is 13.1. The van der Waals surface area contributed by atoms with E-state index < -0.39 is 35.7 Å². The molecule has 0 N–H and O–H groups in total. The summed E-state index contributed by atoms with van der Waals surface area (Å²) in [7, 11) is 5.30. The second kappa shape index (κ2) is 10.1. The predicted octanol–water partition coefficient (Wildman–Crippen LogP) is 3.85. The van der Waals surface area contributed by atoms with Crippen molar-refractivity contribution in [2.24, 2.45) is 0 Å². The van der Waals surface area contributed by atoms with E-state index in [0.717, 1.165) is 35.6 Å². The largest absolute Gasteiger partial charge is 0.455 e. The van der Waals surface area contributed by atoms with Crippen molar-refractivity contribution in [3.05, 3.63) is 69.6 Å². The molecule has 2 saturated heterocycles. The molecule has 0 saturated carbocycles. The molecule has 2 aliphatic heterocycles. The Morgan fingerprint density at radius 1 is 0.659 bits per heavy atom. The highest BCUT2D eigenvalue weighted by molar-refractivity contribution is 7.16. The van der Waals surface area contributed by atoms with E-state index in [9.17, 15) is 28.8 Å². The van der Waals surface area contributed by atoms with Crippen LogP contribution in [0.1, 0.15) is 16.0 Å². The fraction of sp³-hybridized carbons (Fsp3) is 0.172. The molecule has 41 heavy (non-hydrogen) atoms. The van der Waals surface area contributed by atoms with Crippen molar-refractivity contribution in [3.8, 4) is 22.0 Å².